The highest BCUT2D eigenvalue weighted by molar-refractivity contribution is 7.86. The Labute approximate surface area is 174 Å². The van der Waals surface area contributed by atoms with Crippen molar-refractivity contribution in [3.8, 4) is 0 Å². The molecular weight excluding hydrogens is 368 g/mol. The first-order chi connectivity index (χ1) is 13.6. The van der Waals surface area contributed by atoms with Crippen molar-refractivity contribution in [2.45, 2.75) is 115 Å². The van der Waals surface area contributed by atoms with Gasteiger partial charge in [0.1, 0.15) is 0 Å². The lowest BCUT2D eigenvalue weighted by molar-refractivity contribution is 0.306. The van der Waals surface area contributed by atoms with Crippen LogP contribution in [0.15, 0.2) is 29.2 Å². The van der Waals surface area contributed by atoms with E-state index in [1.54, 1.807) is 12.1 Å². The summed E-state index contributed by atoms with van der Waals surface area (Å²) < 4.78 is 30.4. The molecule has 0 amide bonds. The SMILES string of the molecule is CCCCCCCCCCCCc1ccccc1S(=O)(=O)OCCCCCC. The molecule has 3 nitrogen and oxygen atoms in total. The molecule has 0 atom stereocenters. The van der Waals surface area contributed by atoms with Crippen molar-refractivity contribution in [3.63, 3.8) is 0 Å². The number of benzene rings is 1. The molecule has 1 aromatic rings. The molecule has 1 rings (SSSR count). The predicted molar refractivity (Wildman–Crippen MR) is 119 cm³/mol. The van der Waals surface area contributed by atoms with Crippen molar-refractivity contribution in [2.24, 2.45) is 0 Å². The van der Waals surface area contributed by atoms with Crippen LogP contribution in [0.3, 0.4) is 0 Å². The molecule has 0 saturated heterocycles. The number of hydrogen-bond acceptors (Lipinski definition) is 3. The summed E-state index contributed by atoms with van der Waals surface area (Å²) in [5.74, 6) is 0. The van der Waals surface area contributed by atoms with E-state index in [1.165, 1.54) is 57.8 Å². The van der Waals surface area contributed by atoms with Gasteiger partial charge < -0.3 is 0 Å². The molecular formula is C24H42O3S. The molecule has 0 aromatic heterocycles. The molecule has 0 saturated carbocycles. The van der Waals surface area contributed by atoms with Gasteiger partial charge in [-0.15, -0.1) is 0 Å². The van der Waals surface area contributed by atoms with Gasteiger partial charge in [-0.25, -0.2) is 0 Å². The van der Waals surface area contributed by atoms with E-state index in [9.17, 15) is 8.42 Å². The highest BCUT2D eigenvalue weighted by Gasteiger charge is 2.18. The number of aryl methyl sites for hydroxylation is 1. The Bertz CT molecular complexity index is 596. The van der Waals surface area contributed by atoms with Gasteiger partial charge in [0.25, 0.3) is 10.1 Å². The van der Waals surface area contributed by atoms with Crippen LogP contribution in [-0.4, -0.2) is 15.0 Å². The number of unbranched alkanes of at least 4 members (excludes halogenated alkanes) is 12. The van der Waals surface area contributed by atoms with Crippen LogP contribution in [0.1, 0.15) is 109 Å². The van der Waals surface area contributed by atoms with Crippen LogP contribution < -0.4 is 0 Å². The zero-order valence-corrected chi connectivity index (χ0v) is 19.1. The van der Waals surface area contributed by atoms with Crippen molar-refractivity contribution in [1.82, 2.24) is 0 Å². The minimum Gasteiger partial charge on any atom is -0.266 e. The summed E-state index contributed by atoms with van der Waals surface area (Å²) in [4.78, 5) is 0.362. The lowest BCUT2D eigenvalue weighted by atomic mass is 10.0. The normalized spacial score (nSPS) is 11.8. The molecule has 0 aliphatic rings. The van der Waals surface area contributed by atoms with Crippen LogP contribution in [0, 0.1) is 0 Å². The molecule has 0 fully saturated rings. The molecule has 0 heterocycles. The Kier molecular flexibility index (Phi) is 14.4. The van der Waals surface area contributed by atoms with Gasteiger partial charge in [0.15, 0.2) is 0 Å². The van der Waals surface area contributed by atoms with E-state index in [4.69, 9.17) is 4.18 Å². The lowest BCUT2D eigenvalue weighted by Crippen LogP contribution is -2.10. The fourth-order valence-corrected chi connectivity index (χ4v) is 4.72. The summed E-state index contributed by atoms with van der Waals surface area (Å²) >= 11 is 0. The summed E-state index contributed by atoms with van der Waals surface area (Å²) in [6, 6.07) is 7.33. The van der Waals surface area contributed by atoms with Gasteiger partial charge in [-0.2, -0.15) is 8.42 Å². The molecule has 0 aliphatic heterocycles. The van der Waals surface area contributed by atoms with Gasteiger partial charge in [-0.1, -0.05) is 109 Å². The average molecular weight is 411 g/mol. The standard InChI is InChI=1S/C24H42O3S/c1-3-5-7-9-10-11-12-13-14-15-19-23-20-16-17-21-24(23)28(25,26)27-22-18-8-6-4-2/h16-17,20-21H,3-15,18-19,22H2,1-2H3. The smallest absolute Gasteiger partial charge is 0.266 e. The third-order valence-corrected chi connectivity index (χ3v) is 6.69. The fraction of sp³-hybridized carbons (Fsp3) is 0.750. The van der Waals surface area contributed by atoms with Gasteiger partial charge >= 0.3 is 0 Å². The molecule has 0 spiro atoms. The summed E-state index contributed by atoms with van der Waals surface area (Å²) in [5, 5.41) is 0. The van der Waals surface area contributed by atoms with Gasteiger partial charge in [0.05, 0.1) is 11.5 Å². The van der Waals surface area contributed by atoms with Crippen molar-refractivity contribution in [3.05, 3.63) is 29.8 Å². The maximum Gasteiger partial charge on any atom is 0.297 e. The highest BCUT2D eigenvalue weighted by Crippen LogP contribution is 2.21. The maximum atomic E-state index is 12.5. The summed E-state index contributed by atoms with van der Waals surface area (Å²) in [7, 11) is -3.64. The van der Waals surface area contributed by atoms with Crippen LogP contribution in [0.25, 0.3) is 0 Å². The first-order valence-electron chi connectivity index (χ1n) is 11.6. The van der Waals surface area contributed by atoms with E-state index in [1.807, 2.05) is 12.1 Å². The Balaban J connectivity index is 2.31. The summed E-state index contributed by atoms with van der Waals surface area (Å²) in [5.41, 5.74) is 0.899. The third-order valence-electron chi connectivity index (χ3n) is 5.28. The van der Waals surface area contributed by atoms with Gasteiger partial charge in [-0.05, 0) is 30.9 Å². The van der Waals surface area contributed by atoms with Crippen LogP contribution in [0.4, 0.5) is 0 Å². The Morgan fingerprint density at radius 1 is 0.679 bits per heavy atom. The predicted octanol–water partition coefficient (Wildman–Crippen LogP) is 7.44. The highest BCUT2D eigenvalue weighted by atomic mass is 32.2. The lowest BCUT2D eigenvalue weighted by Gasteiger charge is -2.11. The van der Waals surface area contributed by atoms with Gasteiger partial charge in [0, 0.05) is 0 Å². The zero-order chi connectivity index (χ0) is 20.5. The number of hydrogen-bond donors (Lipinski definition) is 0. The monoisotopic (exact) mass is 410 g/mol. The van der Waals surface area contributed by atoms with Crippen molar-refractivity contribution in [1.29, 1.82) is 0 Å². The van der Waals surface area contributed by atoms with Crippen molar-refractivity contribution >= 4 is 10.1 Å². The maximum absolute atomic E-state index is 12.5. The van der Waals surface area contributed by atoms with E-state index in [-0.39, 0.29) is 6.61 Å². The van der Waals surface area contributed by atoms with E-state index < -0.39 is 10.1 Å². The largest absolute Gasteiger partial charge is 0.297 e. The quantitative estimate of drug-likeness (QED) is 0.187. The molecule has 0 unspecified atom stereocenters. The minimum absolute atomic E-state index is 0.287. The molecule has 0 N–H and O–H groups in total. The van der Waals surface area contributed by atoms with Gasteiger partial charge in [-0.3, -0.25) is 4.18 Å². The first kappa shape index (κ1) is 25.2. The fourth-order valence-electron chi connectivity index (χ4n) is 3.52. The topological polar surface area (TPSA) is 43.4 Å². The minimum atomic E-state index is -3.64. The zero-order valence-electron chi connectivity index (χ0n) is 18.3. The molecule has 162 valence electrons. The Morgan fingerprint density at radius 3 is 1.79 bits per heavy atom. The molecule has 0 bridgehead atoms. The van der Waals surface area contributed by atoms with Crippen molar-refractivity contribution in [2.75, 3.05) is 6.61 Å². The van der Waals surface area contributed by atoms with Crippen LogP contribution >= 0.6 is 0 Å². The van der Waals surface area contributed by atoms with Crippen molar-refractivity contribution < 1.29 is 12.6 Å². The molecule has 0 radical (unpaired) electrons. The Morgan fingerprint density at radius 2 is 1.18 bits per heavy atom. The molecule has 1 aromatic carbocycles. The number of rotatable bonds is 18. The Hall–Kier alpha value is -0.870. The second-order valence-corrected chi connectivity index (χ2v) is 9.46. The summed E-state index contributed by atoms with van der Waals surface area (Å²) in [6.45, 7) is 4.68. The van der Waals surface area contributed by atoms with E-state index in [2.05, 4.69) is 13.8 Å². The second kappa shape index (κ2) is 16.0. The second-order valence-electron chi connectivity index (χ2n) is 7.88. The van der Waals surface area contributed by atoms with E-state index >= 15 is 0 Å². The van der Waals surface area contributed by atoms with Crippen LogP contribution in [0.2, 0.25) is 0 Å². The van der Waals surface area contributed by atoms with Crippen LogP contribution in [0.5, 0.6) is 0 Å². The van der Waals surface area contributed by atoms with E-state index in [0.29, 0.717) is 4.90 Å². The van der Waals surface area contributed by atoms with Gasteiger partial charge in [0.2, 0.25) is 0 Å². The first-order valence-corrected chi connectivity index (χ1v) is 13.0. The molecule has 28 heavy (non-hydrogen) atoms. The molecule has 4 heteroatoms. The van der Waals surface area contributed by atoms with Crippen LogP contribution in [-0.2, 0) is 20.7 Å². The summed E-state index contributed by atoms with van der Waals surface area (Å²) in [6.07, 6.45) is 17.8. The third kappa shape index (κ3) is 11.2. The van der Waals surface area contributed by atoms with E-state index in [0.717, 1.165) is 44.1 Å². The molecule has 0 aliphatic carbocycles. The average Bonchev–Trinajstić information content (AvgIpc) is 2.69.